The van der Waals surface area contributed by atoms with Crippen molar-refractivity contribution in [1.29, 1.82) is 0 Å². The summed E-state index contributed by atoms with van der Waals surface area (Å²) in [7, 11) is 0. The minimum Gasteiger partial charge on any atom is -0.271 e. The summed E-state index contributed by atoms with van der Waals surface area (Å²) in [6, 6.07) is 6.35. The zero-order chi connectivity index (χ0) is 13.2. The maximum absolute atomic E-state index is 6.14. The average molecular weight is 310 g/mol. The molecule has 0 aliphatic rings. The number of rotatable bonds is 4. The van der Waals surface area contributed by atoms with Gasteiger partial charge in [-0.25, -0.2) is 0 Å². The summed E-state index contributed by atoms with van der Waals surface area (Å²) >= 11 is 9.67. The molecule has 0 spiro atoms. The van der Waals surface area contributed by atoms with E-state index in [0.29, 0.717) is 5.02 Å². The van der Waals surface area contributed by atoms with E-state index < -0.39 is 0 Å². The van der Waals surface area contributed by atoms with Crippen molar-refractivity contribution in [2.24, 2.45) is 5.84 Å². The summed E-state index contributed by atoms with van der Waals surface area (Å²) in [4.78, 5) is 5.23. The second-order valence-electron chi connectivity index (χ2n) is 4.19. The lowest BCUT2D eigenvalue weighted by Crippen LogP contribution is -2.29. The second-order valence-corrected chi connectivity index (χ2v) is 6.66. The van der Waals surface area contributed by atoms with Gasteiger partial charge in [-0.2, -0.15) is 0 Å². The lowest BCUT2D eigenvalue weighted by molar-refractivity contribution is 0.561. The molecule has 0 saturated heterocycles. The number of nitrogens with zero attached hydrogens (tertiary/aromatic N) is 1. The first-order chi connectivity index (χ1) is 9.28. The predicted molar refractivity (Wildman–Crippen MR) is 82.7 cm³/mol. The van der Waals surface area contributed by atoms with E-state index in [0.717, 1.165) is 12.0 Å². The van der Waals surface area contributed by atoms with Crippen LogP contribution in [-0.4, -0.2) is 4.98 Å². The first kappa shape index (κ1) is 13.0. The van der Waals surface area contributed by atoms with Gasteiger partial charge in [0.1, 0.15) is 0 Å². The monoisotopic (exact) mass is 309 g/mol. The van der Waals surface area contributed by atoms with Crippen molar-refractivity contribution < 1.29 is 0 Å². The first-order valence-corrected chi connectivity index (χ1v) is 7.87. The molecule has 3 aromatic heterocycles. The molecule has 3 rings (SSSR count). The quantitative estimate of drug-likeness (QED) is 0.570. The Balaban J connectivity index is 1.88. The van der Waals surface area contributed by atoms with Gasteiger partial charge >= 0.3 is 0 Å². The van der Waals surface area contributed by atoms with Crippen LogP contribution in [0.3, 0.4) is 0 Å². The summed E-state index contributed by atoms with van der Waals surface area (Å²) in [6.45, 7) is 0. The van der Waals surface area contributed by atoms with E-state index >= 15 is 0 Å². The van der Waals surface area contributed by atoms with Crippen molar-refractivity contribution in [3.63, 3.8) is 0 Å². The molecule has 1 atom stereocenters. The van der Waals surface area contributed by atoms with Gasteiger partial charge in [0.15, 0.2) is 0 Å². The van der Waals surface area contributed by atoms with Crippen molar-refractivity contribution in [1.82, 2.24) is 10.4 Å². The fraction of sp³-hybridized carbons (Fsp3) is 0.154. The van der Waals surface area contributed by atoms with Crippen LogP contribution >= 0.6 is 34.3 Å². The molecule has 0 radical (unpaired) electrons. The van der Waals surface area contributed by atoms with Crippen molar-refractivity contribution in [3.05, 3.63) is 51.4 Å². The van der Waals surface area contributed by atoms with Gasteiger partial charge in [-0.15, -0.1) is 22.7 Å². The SMILES string of the molecule is NNC(Cc1ccncc1Cl)c1cc2sccc2s1. The van der Waals surface area contributed by atoms with Crippen LogP contribution in [0.5, 0.6) is 0 Å². The van der Waals surface area contributed by atoms with E-state index in [9.17, 15) is 0 Å². The minimum atomic E-state index is 0.0736. The Kier molecular flexibility index (Phi) is 3.81. The number of halogens is 1. The largest absolute Gasteiger partial charge is 0.271 e. The molecule has 6 heteroatoms. The number of nitrogens with one attached hydrogen (secondary N) is 1. The zero-order valence-electron chi connectivity index (χ0n) is 9.97. The van der Waals surface area contributed by atoms with Gasteiger partial charge in [0, 0.05) is 26.7 Å². The third-order valence-electron chi connectivity index (χ3n) is 2.98. The molecule has 0 aromatic carbocycles. The third kappa shape index (κ3) is 2.66. The van der Waals surface area contributed by atoms with E-state index in [1.807, 2.05) is 6.07 Å². The highest BCUT2D eigenvalue weighted by molar-refractivity contribution is 7.26. The Hall–Kier alpha value is -0.980. The number of hydrogen-bond donors (Lipinski definition) is 2. The van der Waals surface area contributed by atoms with Crippen molar-refractivity contribution >= 4 is 43.7 Å². The van der Waals surface area contributed by atoms with Crippen LogP contribution in [-0.2, 0) is 6.42 Å². The van der Waals surface area contributed by atoms with Gasteiger partial charge in [0.2, 0.25) is 0 Å². The Morgan fingerprint density at radius 1 is 1.37 bits per heavy atom. The van der Waals surface area contributed by atoms with Crippen LogP contribution in [0.1, 0.15) is 16.5 Å². The normalized spacial score (nSPS) is 12.9. The minimum absolute atomic E-state index is 0.0736. The summed E-state index contributed by atoms with van der Waals surface area (Å²) in [5, 5.41) is 2.79. The lowest BCUT2D eigenvalue weighted by atomic mass is 10.1. The highest BCUT2D eigenvalue weighted by Crippen LogP contribution is 2.34. The maximum Gasteiger partial charge on any atom is 0.0622 e. The summed E-state index contributed by atoms with van der Waals surface area (Å²) in [5.41, 5.74) is 3.93. The molecule has 0 saturated carbocycles. The Labute approximate surface area is 124 Å². The number of thiophene rings is 2. The van der Waals surface area contributed by atoms with Crippen LogP contribution in [0.25, 0.3) is 9.40 Å². The fourth-order valence-corrected chi connectivity index (χ4v) is 4.36. The Morgan fingerprint density at radius 3 is 3.00 bits per heavy atom. The third-order valence-corrected chi connectivity index (χ3v) is 5.53. The molecule has 3 N–H and O–H groups in total. The van der Waals surface area contributed by atoms with Crippen molar-refractivity contribution in [2.45, 2.75) is 12.5 Å². The van der Waals surface area contributed by atoms with Crippen LogP contribution in [0.2, 0.25) is 5.02 Å². The zero-order valence-corrected chi connectivity index (χ0v) is 12.4. The fourth-order valence-electron chi connectivity index (χ4n) is 1.99. The highest BCUT2D eigenvalue weighted by atomic mass is 35.5. The number of fused-ring (bicyclic) bond motifs is 1. The molecular weight excluding hydrogens is 298 g/mol. The Bertz CT molecular complexity index is 663. The van der Waals surface area contributed by atoms with E-state index in [1.165, 1.54) is 14.3 Å². The number of pyridine rings is 1. The maximum atomic E-state index is 6.14. The molecule has 3 aromatic rings. The molecule has 0 fully saturated rings. The van der Waals surface area contributed by atoms with Gasteiger partial charge in [-0.3, -0.25) is 16.3 Å². The molecule has 0 aliphatic carbocycles. The van der Waals surface area contributed by atoms with Gasteiger partial charge in [0.25, 0.3) is 0 Å². The summed E-state index contributed by atoms with van der Waals surface area (Å²) in [5.74, 6) is 5.69. The van der Waals surface area contributed by atoms with E-state index in [-0.39, 0.29) is 6.04 Å². The highest BCUT2D eigenvalue weighted by Gasteiger charge is 2.15. The summed E-state index contributed by atoms with van der Waals surface area (Å²) < 4.78 is 2.61. The first-order valence-electron chi connectivity index (χ1n) is 5.79. The van der Waals surface area contributed by atoms with Crippen molar-refractivity contribution in [2.75, 3.05) is 0 Å². The molecule has 19 heavy (non-hydrogen) atoms. The lowest BCUT2D eigenvalue weighted by Gasteiger charge is -2.14. The van der Waals surface area contributed by atoms with Gasteiger partial charge in [-0.1, -0.05) is 11.6 Å². The molecule has 0 aliphatic heterocycles. The molecule has 3 nitrogen and oxygen atoms in total. The standard InChI is InChI=1S/C13H12ClN3S2/c14-9-7-16-3-1-8(9)5-10(17-15)12-6-13-11(19-12)2-4-18-13/h1-4,6-7,10,17H,5,15H2. The number of aromatic nitrogens is 1. The van der Waals surface area contributed by atoms with Gasteiger partial charge in [-0.05, 0) is 35.6 Å². The second kappa shape index (κ2) is 5.56. The summed E-state index contributed by atoms with van der Waals surface area (Å²) in [6.07, 6.45) is 4.17. The van der Waals surface area contributed by atoms with E-state index in [1.54, 1.807) is 35.1 Å². The predicted octanol–water partition coefficient (Wildman–Crippen LogP) is 3.76. The molecule has 0 bridgehead atoms. The van der Waals surface area contributed by atoms with Crippen LogP contribution < -0.4 is 11.3 Å². The number of hydrogen-bond acceptors (Lipinski definition) is 5. The van der Waals surface area contributed by atoms with E-state index in [4.69, 9.17) is 17.4 Å². The van der Waals surface area contributed by atoms with Crippen LogP contribution in [0.4, 0.5) is 0 Å². The van der Waals surface area contributed by atoms with Gasteiger partial charge < -0.3 is 0 Å². The Morgan fingerprint density at radius 2 is 2.26 bits per heavy atom. The van der Waals surface area contributed by atoms with Crippen LogP contribution in [0.15, 0.2) is 36.0 Å². The molecule has 3 heterocycles. The van der Waals surface area contributed by atoms with Gasteiger partial charge in [0.05, 0.1) is 11.1 Å². The van der Waals surface area contributed by atoms with E-state index in [2.05, 4.69) is 27.9 Å². The topological polar surface area (TPSA) is 50.9 Å². The van der Waals surface area contributed by atoms with Crippen LogP contribution in [0, 0.1) is 0 Å². The number of nitrogens with two attached hydrogens (primary N) is 1. The number of hydrazine groups is 1. The molecule has 98 valence electrons. The smallest absolute Gasteiger partial charge is 0.0622 e. The van der Waals surface area contributed by atoms with Crippen molar-refractivity contribution in [3.8, 4) is 0 Å². The molecule has 0 amide bonds. The molecule has 1 unspecified atom stereocenters. The molecular formula is C13H12ClN3S2. The average Bonchev–Trinajstić information content (AvgIpc) is 2.98.